The molecule has 1 aromatic rings. The lowest BCUT2D eigenvalue weighted by Gasteiger charge is -2.09. The van der Waals surface area contributed by atoms with E-state index in [2.05, 4.69) is 9.71 Å². The van der Waals surface area contributed by atoms with E-state index in [0.29, 0.717) is 12.5 Å². The first-order valence-electron chi connectivity index (χ1n) is 5.48. The Morgan fingerprint density at radius 1 is 1.61 bits per heavy atom. The molecule has 1 atom stereocenters. The van der Waals surface area contributed by atoms with Gasteiger partial charge in [-0.3, -0.25) is 0 Å². The zero-order valence-electron chi connectivity index (χ0n) is 9.55. The SMILES string of the molecule is O=C(O)c1cc(S(=O)(=O)NCC2CCSC2)c[nH]1. The summed E-state index contributed by atoms with van der Waals surface area (Å²) in [5.41, 5.74) is -0.133. The number of sulfonamides is 1. The minimum atomic E-state index is -3.61. The molecule has 0 radical (unpaired) electrons. The van der Waals surface area contributed by atoms with Crippen molar-refractivity contribution in [3.05, 3.63) is 18.0 Å². The van der Waals surface area contributed by atoms with Crippen LogP contribution >= 0.6 is 11.8 Å². The first-order chi connectivity index (χ1) is 8.49. The predicted octanol–water partition coefficient (Wildman–Crippen LogP) is 0.744. The third kappa shape index (κ3) is 3.06. The van der Waals surface area contributed by atoms with Crippen molar-refractivity contribution >= 4 is 27.8 Å². The van der Waals surface area contributed by atoms with Gasteiger partial charge in [0.05, 0.1) is 0 Å². The Bertz CT molecular complexity index is 532. The van der Waals surface area contributed by atoms with Gasteiger partial charge in [0.1, 0.15) is 10.6 Å². The maximum Gasteiger partial charge on any atom is 0.352 e. The first-order valence-corrected chi connectivity index (χ1v) is 8.12. The van der Waals surface area contributed by atoms with Gasteiger partial charge >= 0.3 is 5.97 Å². The summed E-state index contributed by atoms with van der Waals surface area (Å²) >= 11 is 1.82. The smallest absolute Gasteiger partial charge is 0.352 e. The van der Waals surface area contributed by atoms with Gasteiger partial charge < -0.3 is 10.1 Å². The average Bonchev–Trinajstić information content (AvgIpc) is 2.98. The second-order valence-electron chi connectivity index (χ2n) is 4.14. The summed E-state index contributed by atoms with van der Waals surface area (Å²) in [7, 11) is -3.61. The van der Waals surface area contributed by atoms with Crippen LogP contribution < -0.4 is 4.72 Å². The molecule has 0 saturated carbocycles. The fourth-order valence-corrected chi connectivity index (χ4v) is 4.10. The molecule has 1 fully saturated rings. The van der Waals surface area contributed by atoms with E-state index >= 15 is 0 Å². The molecule has 1 saturated heterocycles. The number of aromatic carboxylic acids is 1. The van der Waals surface area contributed by atoms with E-state index in [1.807, 2.05) is 11.8 Å². The number of carboxylic acid groups (broad SMARTS) is 1. The Kier molecular flexibility index (Phi) is 3.98. The number of hydrogen-bond acceptors (Lipinski definition) is 4. The van der Waals surface area contributed by atoms with Crippen LogP contribution in [0.15, 0.2) is 17.2 Å². The molecule has 18 heavy (non-hydrogen) atoms. The number of thioether (sulfide) groups is 1. The van der Waals surface area contributed by atoms with Crippen LogP contribution in [-0.2, 0) is 10.0 Å². The maximum absolute atomic E-state index is 11.9. The first kappa shape index (κ1) is 13.4. The van der Waals surface area contributed by atoms with Crippen molar-refractivity contribution < 1.29 is 18.3 Å². The van der Waals surface area contributed by atoms with Gasteiger partial charge in [-0.2, -0.15) is 11.8 Å². The predicted molar refractivity (Wildman–Crippen MR) is 68.4 cm³/mol. The lowest BCUT2D eigenvalue weighted by atomic mass is 10.1. The third-order valence-corrected chi connectivity index (χ3v) is 5.42. The molecule has 0 amide bonds. The van der Waals surface area contributed by atoms with Crippen molar-refractivity contribution in [1.29, 1.82) is 0 Å². The number of aromatic nitrogens is 1. The highest BCUT2D eigenvalue weighted by Gasteiger charge is 2.21. The zero-order valence-corrected chi connectivity index (χ0v) is 11.2. The van der Waals surface area contributed by atoms with E-state index in [1.165, 1.54) is 6.20 Å². The summed E-state index contributed by atoms with van der Waals surface area (Å²) in [6.07, 6.45) is 2.20. The van der Waals surface area contributed by atoms with E-state index < -0.39 is 16.0 Å². The number of hydrogen-bond donors (Lipinski definition) is 3. The summed E-state index contributed by atoms with van der Waals surface area (Å²) < 4.78 is 26.3. The van der Waals surface area contributed by atoms with Gasteiger partial charge in [0.25, 0.3) is 0 Å². The molecule has 0 spiro atoms. The van der Waals surface area contributed by atoms with Gasteiger partial charge in [-0.15, -0.1) is 0 Å². The highest BCUT2D eigenvalue weighted by atomic mass is 32.2. The van der Waals surface area contributed by atoms with Crippen molar-refractivity contribution in [2.75, 3.05) is 18.1 Å². The van der Waals surface area contributed by atoms with Crippen molar-refractivity contribution in [3.8, 4) is 0 Å². The van der Waals surface area contributed by atoms with Gasteiger partial charge in [0, 0.05) is 12.7 Å². The molecular formula is C10H14N2O4S2. The molecular weight excluding hydrogens is 276 g/mol. The molecule has 0 aromatic carbocycles. The van der Waals surface area contributed by atoms with Crippen molar-refractivity contribution in [2.24, 2.45) is 5.92 Å². The number of rotatable bonds is 5. The normalized spacial score (nSPS) is 20.1. The largest absolute Gasteiger partial charge is 0.477 e. The van der Waals surface area contributed by atoms with Crippen LogP contribution in [0.5, 0.6) is 0 Å². The highest BCUT2D eigenvalue weighted by Crippen LogP contribution is 2.23. The molecule has 1 aromatic heterocycles. The van der Waals surface area contributed by atoms with E-state index in [-0.39, 0.29) is 10.6 Å². The second-order valence-corrected chi connectivity index (χ2v) is 7.05. The standard InChI is InChI=1S/C10H14N2O4S2/c13-10(14)9-3-8(5-11-9)18(15,16)12-4-7-1-2-17-6-7/h3,5,7,11-12H,1-2,4,6H2,(H,13,14). The Labute approximate surface area is 109 Å². The molecule has 1 aliphatic heterocycles. The Morgan fingerprint density at radius 3 is 2.94 bits per heavy atom. The average molecular weight is 290 g/mol. The summed E-state index contributed by atoms with van der Waals surface area (Å²) in [5.74, 6) is 1.22. The highest BCUT2D eigenvalue weighted by molar-refractivity contribution is 7.99. The van der Waals surface area contributed by atoms with Crippen LogP contribution in [0.1, 0.15) is 16.9 Å². The number of nitrogens with one attached hydrogen (secondary N) is 2. The molecule has 100 valence electrons. The fourth-order valence-electron chi connectivity index (χ4n) is 1.71. The molecule has 2 rings (SSSR count). The molecule has 2 heterocycles. The third-order valence-electron chi connectivity index (χ3n) is 2.78. The lowest BCUT2D eigenvalue weighted by molar-refractivity contribution is 0.0691. The Morgan fingerprint density at radius 2 is 2.39 bits per heavy atom. The second kappa shape index (κ2) is 5.33. The number of carbonyl (C=O) groups is 1. The van der Waals surface area contributed by atoms with Crippen LogP contribution in [0.25, 0.3) is 0 Å². The molecule has 1 unspecified atom stereocenters. The minimum absolute atomic E-state index is 0.0365. The molecule has 0 aliphatic carbocycles. The molecule has 0 bridgehead atoms. The lowest BCUT2D eigenvalue weighted by Crippen LogP contribution is -2.29. The van der Waals surface area contributed by atoms with Gasteiger partial charge in [-0.05, 0) is 29.9 Å². The summed E-state index contributed by atoms with van der Waals surface area (Å²) in [6, 6.07) is 1.12. The minimum Gasteiger partial charge on any atom is -0.477 e. The molecule has 6 nitrogen and oxygen atoms in total. The van der Waals surface area contributed by atoms with Crippen molar-refractivity contribution in [2.45, 2.75) is 11.3 Å². The number of H-pyrrole nitrogens is 1. The molecule has 3 N–H and O–H groups in total. The number of carboxylic acids is 1. The van der Waals surface area contributed by atoms with Gasteiger partial charge in [0.15, 0.2) is 0 Å². The molecule has 1 aliphatic rings. The van der Waals surface area contributed by atoms with E-state index in [1.54, 1.807) is 0 Å². The van der Waals surface area contributed by atoms with Gasteiger partial charge in [0.2, 0.25) is 10.0 Å². The zero-order chi connectivity index (χ0) is 13.2. The quantitative estimate of drug-likeness (QED) is 0.743. The topological polar surface area (TPSA) is 99.3 Å². The maximum atomic E-state index is 11.9. The van der Waals surface area contributed by atoms with E-state index in [0.717, 1.165) is 24.0 Å². The molecule has 8 heteroatoms. The summed E-state index contributed by atoms with van der Waals surface area (Å²) in [6.45, 7) is 0.406. The summed E-state index contributed by atoms with van der Waals surface area (Å²) in [4.78, 5) is 13.0. The van der Waals surface area contributed by atoms with Crippen LogP contribution in [0.3, 0.4) is 0 Å². The Hall–Kier alpha value is -0.990. The van der Waals surface area contributed by atoms with E-state index in [9.17, 15) is 13.2 Å². The monoisotopic (exact) mass is 290 g/mol. The number of aromatic amines is 1. The van der Waals surface area contributed by atoms with Crippen LogP contribution in [-0.4, -0.2) is 42.5 Å². The van der Waals surface area contributed by atoms with E-state index in [4.69, 9.17) is 5.11 Å². The van der Waals surface area contributed by atoms with Crippen molar-refractivity contribution in [1.82, 2.24) is 9.71 Å². The fraction of sp³-hybridized carbons (Fsp3) is 0.500. The summed E-state index contributed by atoms with van der Waals surface area (Å²) in [5, 5.41) is 8.72. The van der Waals surface area contributed by atoms with Gasteiger partial charge in [-0.1, -0.05) is 0 Å². The van der Waals surface area contributed by atoms with Crippen LogP contribution in [0, 0.1) is 5.92 Å². The van der Waals surface area contributed by atoms with Crippen LogP contribution in [0.4, 0.5) is 0 Å². The Balaban J connectivity index is 2.02. The van der Waals surface area contributed by atoms with Crippen LogP contribution in [0.2, 0.25) is 0 Å². The van der Waals surface area contributed by atoms with Crippen molar-refractivity contribution in [3.63, 3.8) is 0 Å². The van der Waals surface area contributed by atoms with Gasteiger partial charge in [-0.25, -0.2) is 17.9 Å².